The predicted molar refractivity (Wildman–Crippen MR) is 216 cm³/mol. The van der Waals surface area contributed by atoms with Crippen LogP contribution in [0.15, 0.2) is 24.3 Å². The van der Waals surface area contributed by atoms with Crippen LogP contribution in [0.25, 0.3) is 0 Å². The Labute approximate surface area is 324 Å². The van der Waals surface area contributed by atoms with E-state index in [1.165, 1.54) is 16.7 Å². The van der Waals surface area contributed by atoms with Gasteiger partial charge in [0.1, 0.15) is 0 Å². The summed E-state index contributed by atoms with van der Waals surface area (Å²) in [5, 5.41) is 12.0. The van der Waals surface area contributed by atoms with Crippen molar-refractivity contribution in [3.63, 3.8) is 0 Å². The van der Waals surface area contributed by atoms with E-state index in [9.17, 15) is 5.11 Å². The highest BCUT2D eigenvalue weighted by molar-refractivity contribution is 5.67. The molecule has 3 aromatic carbocycles. The summed E-state index contributed by atoms with van der Waals surface area (Å²) in [6.07, 6.45) is 5.51. The Bertz CT molecular complexity index is 1810. The van der Waals surface area contributed by atoms with Gasteiger partial charge in [0.15, 0.2) is 34.5 Å². The van der Waals surface area contributed by atoms with Crippen molar-refractivity contribution in [3.05, 3.63) is 57.6 Å². The molecule has 0 aromatic heterocycles. The quantitative estimate of drug-likeness (QED) is 0.184. The van der Waals surface area contributed by atoms with E-state index in [1.807, 2.05) is 6.07 Å². The summed E-state index contributed by atoms with van der Waals surface area (Å²) in [7, 11) is 11.6. The number of methoxy groups -OCH3 is 3. The van der Waals surface area contributed by atoms with E-state index in [4.69, 9.17) is 23.7 Å². The molecule has 3 aliphatic heterocycles. The van der Waals surface area contributed by atoms with Gasteiger partial charge in [-0.2, -0.15) is 0 Å². The first-order chi connectivity index (χ1) is 25.8. The zero-order valence-corrected chi connectivity index (χ0v) is 35.0. The van der Waals surface area contributed by atoms with Gasteiger partial charge in [-0.1, -0.05) is 41.5 Å². The molecule has 1 N–H and O–H groups in total. The smallest absolute Gasteiger partial charge is 0.212 e. The Hall–Kier alpha value is -3.66. The fourth-order valence-electron chi connectivity index (χ4n) is 9.00. The Morgan fingerprint density at radius 1 is 0.537 bits per heavy atom. The molecule has 0 aliphatic carbocycles. The van der Waals surface area contributed by atoms with Crippen molar-refractivity contribution in [3.8, 4) is 46.0 Å². The van der Waals surface area contributed by atoms with Crippen molar-refractivity contribution in [2.24, 2.45) is 17.8 Å². The molecule has 0 bridgehead atoms. The van der Waals surface area contributed by atoms with Gasteiger partial charge >= 0.3 is 0 Å². The van der Waals surface area contributed by atoms with Crippen LogP contribution in [0.1, 0.15) is 112 Å². The van der Waals surface area contributed by atoms with Crippen molar-refractivity contribution < 1.29 is 28.8 Å². The molecule has 3 heterocycles. The summed E-state index contributed by atoms with van der Waals surface area (Å²) >= 11 is 0. The third-order valence-electron chi connectivity index (χ3n) is 11.9. The number of phenolic OH excluding ortho intramolecular Hbond substituents is 1. The van der Waals surface area contributed by atoms with Gasteiger partial charge in [0.05, 0.1) is 21.3 Å². The van der Waals surface area contributed by atoms with Crippen LogP contribution in [0.5, 0.6) is 46.0 Å². The van der Waals surface area contributed by atoms with Crippen LogP contribution in [-0.4, -0.2) is 81.9 Å². The zero-order valence-electron chi connectivity index (χ0n) is 35.0. The second kappa shape index (κ2) is 16.6. The van der Waals surface area contributed by atoms with Crippen LogP contribution >= 0.6 is 0 Å². The number of hydrogen-bond donors (Lipinski definition) is 1. The molecule has 0 radical (unpaired) electrons. The van der Waals surface area contributed by atoms with Crippen LogP contribution in [0, 0.1) is 17.8 Å². The molecule has 9 nitrogen and oxygen atoms in total. The number of benzene rings is 3. The molecule has 0 saturated carbocycles. The van der Waals surface area contributed by atoms with Crippen molar-refractivity contribution in [1.29, 1.82) is 0 Å². The standard InChI is InChI=1S/C45H65N3O6/c1-26(2)19-33-32-25-37(36(50-10)22-29(32)13-16-46(33)7)53-45-41-31(15-18-48(9)35(41)21-28(5)6)24-39(52-12)43(45)54-44-40-30(23-38(51-11)42(44)49)14-17-47(8)34(40)20-27(3)4/h22-28,33-35,49H,13-21H2,1-12H3/t33-,34+,35+/m0/s1. The van der Waals surface area contributed by atoms with E-state index in [1.54, 1.807) is 21.3 Å². The SMILES string of the molecule is COc1cc2c(cc1Oc1c(Oc3c(O)c(OC)cc4c3[C@@H](CC(C)C)N(C)CC4)c(OC)cc3c1[C@@H](CC(C)C)N(C)CC3)[C@H](CC(C)C)N(C)CC2. The lowest BCUT2D eigenvalue weighted by Gasteiger charge is -2.39. The number of likely N-dealkylation sites (N-methyl/N-ethyl adjacent to an activating group) is 3. The Kier molecular flexibility index (Phi) is 12.3. The van der Waals surface area contributed by atoms with Gasteiger partial charge in [0, 0.05) is 48.9 Å². The van der Waals surface area contributed by atoms with Gasteiger partial charge in [0.2, 0.25) is 11.5 Å². The summed E-state index contributed by atoms with van der Waals surface area (Å²) in [5.74, 6) is 5.11. The molecule has 3 aliphatic rings. The summed E-state index contributed by atoms with van der Waals surface area (Å²) in [6.45, 7) is 16.4. The summed E-state index contributed by atoms with van der Waals surface area (Å²) in [6, 6.07) is 8.87. The fourth-order valence-corrected chi connectivity index (χ4v) is 9.00. The molecular weight excluding hydrogens is 679 g/mol. The van der Waals surface area contributed by atoms with E-state index in [0.717, 1.165) is 74.8 Å². The Balaban J connectivity index is 1.62. The molecule has 0 fully saturated rings. The summed E-state index contributed by atoms with van der Waals surface area (Å²) < 4.78 is 32.6. The number of ether oxygens (including phenoxy) is 5. The first-order valence-electron chi connectivity index (χ1n) is 20.1. The third kappa shape index (κ3) is 7.87. The maximum absolute atomic E-state index is 12.0. The highest BCUT2D eigenvalue weighted by Crippen LogP contribution is 2.57. The number of nitrogens with zero attached hydrogens (tertiary/aromatic N) is 3. The first-order valence-corrected chi connectivity index (χ1v) is 20.1. The highest BCUT2D eigenvalue weighted by Gasteiger charge is 2.38. The summed E-state index contributed by atoms with van der Waals surface area (Å²) in [5.41, 5.74) is 6.97. The predicted octanol–water partition coefficient (Wildman–Crippen LogP) is 9.73. The average molecular weight is 744 g/mol. The molecule has 6 rings (SSSR count). The van der Waals surface area contributed by atoms with E-state index in [-0.39, 0.29) is 23.9 Å². The van der Waals surface area contributed by atoms with Crippen molar-refractivity contribution >= 4 is 0 Å². The number of hydrogen-bond acceptors (Lipinski definition) is 9. The van der Waals surface area contributed by atoms with Crippen LogP contribution < -0.4 is 23.7 Å². The minimum Gasteiger partial charge on any atom is -0.502 e. The molecule has 54 heavy (non-hydrogen) atoms. The van der Waals surface area contributed by atoms with Gasteiger partial charge < -0.3 is 28.8 Å². The van der Waals surface area contributed by atoms with Crippen LogP contribution in [0.2, 0.25) is 0 Å². The van der Waals surface area contributed by atoms with E-state index in [0.29, 0.717) is 58.0 Å². The maximum atomic E-state index is 12.0. The topological polar surface area (TPSA) is 76.1 Å². The number of aromatic hydroxyl groups is 1. The number of phenols is 1. The van der Waals surface area contributed by atoms with E-state index >= 15 is 0 Å². The highest BCUT2D eigenvalue weighted by atomic mass is 16.6. The fraction of sp³-hybridized carbons (Fsp3) is 0.600. The molecule has 3 atom stereocenters. The Morgan fingerprint density at radius 2 is 0.981 bits per heavy atom. The second-order valence-corrected chi connectivity index (χ2v) is 17.2. The molecule has 3 aromatic rings. The third-order valence-corrected chi connectivity index (χ3v) is 11.9. The van der Waals surface area contributed by atoms with Crippen molar-refractivity contribution in [2.45, 2.75) is 98.2 Å². The van der Waals surface area contributed by atoms with Gasteiger partial charge in [-0.25, -0.2) is 0 Å². The summed E-state index contributed by atoms with van der Waals surface area (Å²) in [4.78, 5) is 7.27. The monoisotopic (exact) mass is 743 g/mol. The minimum atomic E-state index is -0.0206. The maximum Gasteiger partial charge on any atom is 0.212 e. The molecule has 0 spiro atoms. The number of fused-ring (bicyclic) bond motifs is 3. The number of rotatable bonds is 13. The Morgan fingerprint density at radius 3 is 1.50 bits per heavy atom. The van der Waals surface area contributed by atoms with Crippen LogP contribution in [0.3, 0.4) is 0 Å². The molecule has 296 valence electrons. The lowest BCUT2D eigenvalue weighted by Crippen LogP contribution is -2.34. The van der Waals surface area contributed by atoms with E-state index < -0.39 is 0 Å². The molecular formula is C45H65N3O6. The van der Waals surface area contributed by atoms with Crippen molar-refractivity contribution in [2.75, 3.05) is 62.1 Å². The van der Waals surface area contributed by atoms with Crippen LogP contribution in [-0.2, 0) is 19.3 Å². The average Bonchev–Trinajstić information content (AvgIpc) is 3.12. The molecule has 0 saturated heterocycles. The second-order valence-electron chi connectivity index (χ2n) is 17.2. The first kappa shape index (κ1) is 40.0. The molecule has 0 amide bonds. The molecule has 9 heteroatoms. The van der Waals surface area contributed by atoms with Gasteiger partial charge in [0.25, 0.3) is 0 Å². The van der Waals surface area contributed by atoms with Crippen LogP contribution in [0.4, 0.5) is 0 Å². The van der Waals surface area contributed by atoms with E-state index in [2.05, 4.69) is 95.6 Å². The minimum absolute atomic E-state index is 0.0206. The largest absolute Gasteiger partial charge is 0.502 e. The normalized spacial score (nSPS) is 20.5. The van der Waals surface area contributed by atoms with Gasteiger partial charge in [-0.3, -0.25) is 14.7 Å². The van der Waals surface area contributed by atoms with Gasteiger partial charge in [-0.05, 0) is 124 Å². The lowest BCUT2D eigenvalue weighted by atomic mass is 9.86. The lowest BCUT2D eigenvalue weighted by molar-refractivity contribution is 0.193. The van der Waals surface area contributed by atoms with Gasteiger partial charge in [-0.15, -0.1) is 0 Å². The molecule has 0 unspecified atom stereocenters. The van der Waals surface area contributed by atoms with Crippen molar-refractivity contribution in [1.82, 2.24) is 14.7 Å². The zero-order chi connectivity index (χ0) is 39.0.